The zero-order valence-electron chi connectivity index (χ0n) is 17.9. The van der Waals surface area contributed by atoms with E-state index in [1.807, 2.05) is 42.5 Å². The third kappa shape index (κ3) is 3.14. The molecule has 160 valence electrons. The van der Waals surface area contributed by atoms with E-state index in [4.69, 9.17) is 18.2 Å². The average Bonchev–Trinajstić information content (AvgIpc) is 3.25. The van der Waals surface area contributed by atoms with Gasteiger partial charge in [0.25, 0.3) is 5.91 Å². The molecule has 5 nitrogen and oxygen atoms in total. The molecule has 32 heavy (non-hydrogen) atoms. The van der Waals surface area contributed by atoms with Crippen LogP contribution in [0.5, 0.6) is 0 Å². The number of hydrogen-bond donors (Lipinski definition) is 0. The van der Waals surface area contributed by atoms with Crippen molar-refractivity contribution in [3.63, 3.8) is 0 Å². The van der Waals surface area contributed by atoms with Gasteiger partial charge in [0.05, 0.1) is 11.3 Å². The molecular weight excluding hydrogens is 420 g/mol. The lowest BCUT2D eigenvalue weighted by atomic mass is 9.68. The van der Waals surface area contributed by atoms with Gasteiger partial charge in [-0.25, -0.2) is 0 Å². The molecule has 1 aliphatic carbocycles. The lowest BCUT2D eigenvalue weighted by Gasteiger charge is -2.36. The van der Waals surface area contributed by atoms with Crippen LogP contribution in [0.3, 0.4) is 0 Å². The monoisotopic (exact) mass is 442 g/mol. The third-order valence-corrected chi connectivity index (χ3v) is 7.00. The largest absolute Gasteiger partial charge is 0.358 e. The molecule has 2 aromatic rings. The maximum absolute atomic E-state index is 13.1. The second kappa shape index (κ2) is 7.96. The number of hydrogen-bond acceptors (Lipinski definition) is 3. The van der Waals surface area contributed by atoms with Crippen molar-refractivity contribution in [3.8, 4) is 0 Å². The van der Waals surface area contributed by atoms with Crippen LogP contribution in [0.15, 0.2) is 77.1 Å². The fraction of sp³-hybridized carbons (Fsp3) is 0.269. The summed E-state index contributed by atoms with van der Waals surface area (Å²) in [5.74, 6) is -0.160. The Bertz CT molecular complexity index is 1220. The third-order valence-electron chi connectivity index (χ3n) is 6.77. The molecule has 1 spiro atoms. The fourth-order valence-corrected chi connectivity index (χ4v) is 5.44. The van der Waals surface area contributed by atoms with Gasteiger partial charge in [-0.15, -0.1) is 5.01 Å². The number of para-hydroxylation sites is 1. The number of likely N-dealkylation sites (N-methyl/N-ethyl adjacent to an activating group) is 1. The number of anilines is 2. The summed E-state index contributed by atoms with van der Waals surface area (Å²) in [4.78, 5) is 18.9. The van der Waals surface area contributed by atoms with Crippen LogP contribution >= 0.6 is 11.6 Å². The molecule has 0 saturated heterocycles. The maximum atomic E-state index is 13.1. The SMILES string of the molecule is [C-]#[N+]C1=NN(c2ccccc2)C(=O)/C1=C\C=C1\N(C)c2ccc(Cl)cc2C12CCCCC2. The van der Waals surface area contributed by atoms with Crippen LogP contribution in [0.4, 0.5) is 11.4 Å². The Morgan fingerprint density at radius 2 is 1.84 bits per heavy atom. The zero-order valence-corrected chi connectivity index (χ0v) is 18.6. The van der Waals surface area contributed by atoms with Gasteiger partial charge in [0.2, 0.25) is 0 Å². The number of carbonyl (C=O) groups is 1. The highest BCUT2D eigenvalue weighted by Crippen LogP contribution is 2.55. The summed E-state index contributed by atoms with van der Waals surface area (Å²) in [6, 6.07) is 15.3. The highest BCUT2D eigenvalue weighted by molar-refractivity contribution is 6.32. The number of carbonyl (C=O) groups excluding carboxylic acids is 1. The van der Waals surface area contributed by atoms with Crippen molar-refractivity contribution in [2.24, 2.45) is 5.10 Å². The number of hydrazone groups is 1. The molecule has 1 amide bonds. The van der Waals surface area contributed by atoms with Crippen molar-refractivity contribution in [3.05, 3.63) is 94.0 Å². The first-order valence-corrected chi connectivity index (χ1v) is 11.3. The van der Waals surface area contributed by atoms with Crippen LogP contribution in [0.2, 0.25) is 5.02 Å². The number of rotatable bonds is 2. The van der Waals surface area contributed by atoms with E-state index >= 15 is 0 Å². The molecule has 3 aliphatic rings. The van der Waals surface area contributed by atoms with Gasteiger partial charge in [0.15, 0.2) is 0 Å². The van der Waals surface area contributed by atoms with Gasteiger partial charge in [0.1, 0.15) is 0 Å². The molecule has 0 N–H and O–H groups in total. The van der Waals surface area contributed by atoms with Crippen molar-refractivity contribution >= 4 is 34.7 Å². The molecule has 5 rings (SSSR count). The van der Waals surface area contributed by atoms with Crippen molar-refractivity contribution in [1.29, 1.82) is 0 Å². The number of halogens is 1. The van der Waals surface area contributed by atoms with Gasteiger partial charge in [-0.05, 0) is 59.9 Å². The van der Waals surface area contributed by atoms with Crippen LogP contribution in [0, 0.1) is 6.57 Å². The molecule has 6 heteroatoms. The van der Waals surface area contributed by atoms with E-state index in [1.165, 1.54) is 17.0 Å². The molecule has 0 atom stereocenters. The number of fused-ring (bicyclic) bond motifs is 2. The minimum atomic E-state index is -0.280. The summed E-state index contributed by atoms with van der Waals surface area (Å²) in [7, 11) is 2.07. The van der Waals surface area contributed by atoms with Crippen molar-refractivity contribution in [2.45, 2.75) is 37.5 Å². The molecular formula is C26H23ClN4O. The highest BCUT2D eigenvalue weighted by atomic mass is 35.5. The minimum Gasteiger partial charge on any atom is -0.358 e. The summed E-state index contributed by atoms with van der Waals surface area (Å²) >= 11 is 6.38. The molecule has 2 heterocycles. The van der Waals surface area contributed by atoms with Crippen molar-refractivity contribution in [1.82, 2.24) is 0 Å². The van der Waals surface area contributed by atoms with Crippen molar-refractivity contribution in [2.75, 3.05) is 17.0 Å². The average molecular weight is 443 g/mol. The van der Waals surface area contributed by atoms with E-state index in [1.54, 1.807) is 6.08 Å². The first kappa shape index (κ1) is 20.5. The molecule has 0 unspecified atom stereocenters. The summed E-state index contributed by atoms with van der Waals surface area (Å²) in [6.45, 7) is 7.55. The van der Waals surface area contributed by atoms with Crippen molar-refractivity contribution < 1.29 is 4.79 Å². The minimum absolute atomic E-state index is 0.111. The molecule has 0 radical (unpaired) electrons. The molecule has 1 fully saturated rings. The first-order chi connectivity index (χ1) is 15.5. The topological polar surface area (TPSA) is 40.3 Å². The summed E-state index contributed by atoms with van der Waals surface area (Å²) < 4.78 is 0. The van der Waals surface area contributed by atoms with E-state index in [9.17, 15) is 4.79 Å². The second-order valence-corrected chi connectivity index (χ2v) is 8.92. The smallest absolute Gasteiger partial charge is 0.307 e. The van der Waals surface area contributed by atoms with Gasteiger partial charge >= 0.3 is 5.84 Å². The number of amidine groups is 1. The Hall–Kier alpha value is -3.36. The Morgan fingerprint density at radius 3 is 2.56 bits per heavy atom. The Balaban J connectivity index is 1.58. The van der Waals surface area contributed by atoms with Gasteiger partial charge < -0.3 is 9.74 Å². The Labute approximate surface area is 193 Å². The molecule has 2 aromatic carbocycles. The van der Waals surface area contributed by atoms with Gasteiger partial charge in [-0.1, -0.05) is 61.7 Å². The van der Waals surface area contributed by atoms with Gasteiger partial charge in [0, 0.05) is 28.9 Å². The predicted molar refractivity (Wildman–Crippen MR) is 129 cm³/mol. The van der Waals surface area contributed by atoms with E-state index in [0.29, 0.717) is 11.3 Å². The number of allylic oxidation sites excluding steroid dienone is 3. The van der Waals surface area contributed by atoms with Crippen LogP contribution in [-0.4, -0.2) is 18.8 Å². The first-order valence-electron chi connectivity index (χ1n) is 10.9. The molecule has 1 saturated carbocycles. The highest BCUT2D eigenvalue weighted by Gasteiger charge is 2.46. The fourth-order valence-electron chi connectivity index (χ4n) is 5.26. The van der Waals surface area contributed by atoms with Gasteiger partial charge in [-0.2, -0.15) is 0 Å². The van der Waals surface area contributed by atoms with E-state index in [0.717, 1.165) is 42.1 Å². The molecule has 0 bridgehead atoms. The van der Waals surface area contributed by atoms with Crippen LogP contribution in [-0.2, 0) is 10.2 Å². The number of benzene rings is 2. The maximum Gasteiger partial charge on any atom is 0.307 e. The summed E-state index contributed by atoms with van der Waals surface area (Å²) in [5.41, 5.74) is 4.43. The van der Waals surface area contributed by atoms with Crippen LogP contribution < -0.4 is 9.91 Å². The van der Waals surface area contributed by atoms with E-state index in [2.05, 4.69) is 34.0 Å². The molecule has 2 aliphatic heterocycles. The lowest BCUT2D eigenvalue weighted by molar-refractivity contribution is -0.114. The summed E-state index contributed by atoms with van der Waals surface area (Å²) in [6.07, 6.45) is 9.43. The quantitative estimate of drug-likeness (QED) is 0.417. The van der Waals surface area contributed by atoms with Crippen LogP contribution in [0.25, 0.3) is 4.85 Å². The Morgan fingerprint density at radius 1 is 1.09 bits per heavy atom. The van der Waals surface area contributed by atoms with E-state index < -0.39 is 0 Å². The molecule has 0 aromatic heterocycles. The standard InChI is InChI=1S/C26H23ClN4O/c1-28-24-20(25(32)31(29-24)19-9-5-3-6-10-19)12-14-23-26(15-7-4-8-16-26)21-17-18(27)11-13-22(21)30(23)2/h3,5-6,9-14,17H,4,7-8,15-16H2,2H3/b20-12-,23-14+. The Kier molecular flexibility index (Phi) is 5.11. The van der Waals surface area contributed by atoms with Crippen LogP contribution in [0.1, 0.15) is 37.7 Å². The normalized spacial score (nSPS) is 21.9. The lowest BCUT2D eigenvalue weighted by Crippen LogP contribution is -2.32. The zero-order chi connectivity index (χ0) is 22.3. The second-order valence-electron chi connectivity index (χ2n) is 8.48. The summed E-state index contributed by atoms with van der Waals surface area (Å²) in [5, 5.41) is 6.33. The van der Waals surface area contributed by atoms with E-state index in [-0.39, 0.29) is 17.2 Å². The number of amides is 1. The number of nitrogens with zero attached hydrogens (tertiary/aromatic N) is 4. The predicted octanol–water partition coefficient (Wildman–Crippen LogP) is 6.08. The van der Waals surface area contributed by atoms with Gasteiger partial charge in [-0.3, -0.25) is 4.79 Å².